The van der Waals surface area contributed by atoms with E-state index < -0.39 is 6.09 Å². The summed E-state index contributed by atoms with van der Waals surface area (Å²) in [4.78, 5) is 26.2. The molecule has 0 aliphatic rings. The molecule has 32 heavy (non-hydrogen) atoms. The standard InChI is InChI=1S/C22H22N7O3/c1-15-14-18(32-28-15)24-20-25-19(23-16-10-6-4-7-11-16)26-21(27-20)29(2,3)22(30)31-17-12-8-5-9-13-17/h4-14H,1-3H3,(H2,23,24,25,26,27)/q+1. The molecule has 4 aromatic rings. The Bertz CT molecular complexity index is 1210. The van der Waals surface area contributed by atoms with Crippen molar-refractivity contribution < 1.29 is 14.1 Å². The lowest BCUT2D eigenvalue weighted by atomic mass is 10.3. The highest BCUT2D eigenvalue weighted by atomic mass is 16.6. The van der Waals surface area contributed by atoms with Gasteiger partial charge in [-0.1, -0.05) is 41.6 Å². The molecular weight excluding hydrogens is 410 g/mol. The predicted molar refractivity (Wildman–Crippen MR) is 120 cm³/mol. The third-order valence-electron chi connectivity index (χ3n) is 4.42. The maximum atomic E-state index is 13.0. The van der Waals surface area contributed by atoms with Gasteiger partial charge in [0.1, 0.15) is 5.75 Å². The van der Waals surface area contributed by atoms with Crippen molar-refractivity contribution in [3.05, 3.63) is 72.4 Å². The summed E-state index contributed by atoms with van der Waals surface area (Å²) in [6, 6.07) is 20.0. The number of anilines is 4. The molecule has 0 atom stereocenters. The molecular formula is C22H22N7O3+. The van der Waals surface area contributed by atoms with E-state index in [0.717, 1.165) is 5.69 Å². The molecule has 2 aromatic carbocycles. The maximum Gasteiger partial charge on any atom is 0.528 e. The van der Waals surface area contributed by atoms with Gasteiger partial charge in [0, 0.05) is 11.8 Å². The number of quaternary nitrogens is 1. The van der Waals surface area contributed by atoms with Crippen molar-refractivity contribution in [3.8, 4) is 5.75 Å². The number of nitrogens with zero attached hydrogens (tertiary/aromatic N) is 5. The van der Waals surface area contributed by atoms with E-state index in [2.05, 4.69) is 30.7 Å². The van der Waals surface area contributed by atoms with Crippen LogP contribution in [0.3, 0.4) is 0 Å². The Kier molecular flexibility index (Phi) is 5.77. The fourth-order valence-electron chi connectivity index (χ4n) is 2.69. The van der Waals surface area contributed by atoms with Crippen LogP contribution in [0.25, 0.3) is 0 Å². The SMILES string of the molecule is Cc1cc(Nc2nc(Nc3ccccc3)nc([N+](C)(C)C(=O)Oc3ccccc3)n2)on1. The summed E-state index contributed by atoms with van der Waals surface area (Å²) in [5.41, 5.74) is 1.48. The molecule has 1 amide bonds. The molecule has 0 fully saturated rings. The Morgan fingerprint density at radius 3 is 2.16 bits per heavy atom. The molecule has 0 aliphatic heterocycles. The lowest BCUT2D eigenvalue weighted by molar-refractivity contribution is 0.170. The van der Waals surface area contributed by atoms with Crippen LogP contribution in [-0.4, -0.2) is 40.3 Å². The van der Waals surface area contributed by atoms with Crippen LogP contribution in [0.5, 0.6) is 5.75 Å². The molecule has 10 nitrogen and oxygen atoms in total. The summed E-state index contributed by atoms with van der Waals surface area (Å²) >= 11 is 0. The van der Waals surface area contributed by atoms with E-state index in [1.54, 1.807) is 51.4 Å². The van der Waals surface area contributed by atoms with Crippen molar-refractivity contribution in [1.29, 1.82) is 0 Å². The smallest absolute Gasteiger partial charge is 0.380 e. The number of benzene rings is 2. The number of carbonyl (C=O) groups is 1. The number of amides is 1. The molecule has 2 N–H and O–H groups in total. The summed E-state index contributed by atoms with van der Waals surface area (Å²) < 4.78 is 10.3. The Hall–Kier alpha value is -4.31. The van der Waals surface area contributed by atoms with Crippen molar-refractivity contribution in [2.45, 2.75) is 6.92 Å². The van der Waals surface area contributed by atoms with Crippen LogP contribution in [0.4, 0.5) is 34.2 Å². The summed E-state index contributed by atoms with van der Waals surface area (Å²) in [5.74, 6) is 1.39. The third kappa shape index (κ3) is 4.87. The molecule has 0 bridgehead atoms. The van der Waals surface area contributed by atoms with Gasteiger partial charge in [0.15, 0.2) is 0 Å². The van der Waals surface area contributed by atoms with E-state index >= 15 is 0 Å². The van der Waals surface area contributed by atoms with Crippen LogP contribution >= 0.6 is 0 Å². The van der Waals surface area contributed by atoms with Gasteiger partial charge in [-0.05, 0) is 31.2 Å². The molecule has 10 heteroatoms. The highest BCUT2D eigenvalue weighted by Crippen LogP contribution is 2.24. The first kappa shape index (κ1) is 20.9. The second kappa shape index (κ2) is 8.82. The minimum atomic E-state index is -0.561. The maximum absolute atomic E-state index is 13.0. The van der Waals surface area contributed by atoms with Gasteiger partial charge >= 0.3 is 12.0 Å². The second-order valence-corrected chi connectivity index (χ2v) is 7.37. The van der Waals surface area contributed by atoms with Crippen molar-refractivity contribution in [2.24, 2.45) is 0 Å². The Balaban J connectivity index is 1.67. The average molecular weight is 432 g/mol. The van der Waals surface area contributed by atoms with Crippen LogP contribution in [0, 0.1) is 6.92 Å². The van der Waals surface area contributed by atoms with E-state index in [1.807, 2.05) is 36.4 Å². The molecule has 0 spiro atoms. The lowest BCUT2D eigenvalue weighted by Gasteiger charge is -2.22. The van der Waals surface area contributed by atoms with Crippen molar-refractivity contribution >= 4 is 35.5 Å². The summed E-state index contributed by atoms with van der Waals surface area (Å²) in [5, 5.41) is 9.93. The topological polar surface area (TPSA) is 115 Å². The van der Waals surface area contributed by atoms with E-state index in [9.17, 15) is 4.79 Å². The van der Waals surface area contributed by atoms with Gasteiger partial charge in [-0.25, -0.2) is 0 Å². The average Bonchev–Trinajstić information content (AvgIpc) is 3.19. The second-order valence-electron chi connectivity index (χ2n) is 7.37. The normalized spacial score (nSPS) is 11.1. The summed E-state index contributed by atoms with van der Waals surface area (Å²) in [6.07, 6.45) is -0.561. The first-order valence-corrected chi connectivity index (χ1v) is 9.80. The van der Waals surface area contributed by atoms with Crippen LogP contribution in [0.2, 0.25) is 0 Å². The zero-order valence-electron chi connectivity index (χ0n) is 17.8. The number of carbonyl (C=O) groups excluding carboxylic acids is 1. The first-order valence-electron chi connectivity index (χ1n) is 9.80. The highest BCUT2D eigenvalue weighted by Gasteiger charge is 2.37. The van der Waals surface area contributed by atoms with Crippen LogP contribution in [0.15, 0.2) is 71.3 Å². The van der Waals surface area contributed by atoms with Crippen molar-refractivity contribution in [1.82, 2.24) is 24.6 Å². The number of aryl methyl sites for hydroxylation is 1. The number of rotatable bonds is 6. The van der Waals surface area contributed by atoms with E-state index in [1.165, 1.54) is 0 Å². The van der Waals surface area contributed by atoms with Gasteiger partial charge in [-0.2, -0.15) is 14.3 Å². The van der Waals surface area contributed by atoms with Gasteiger partial charge in [-0.15, -0.1) is 9.97 Å². The monoisotopic (exact) mass is 432 g/mol. The molecule has 2 aromatic heterocycles. The number of nitrogens with one attached hydrogen (secondary N) is 2. The molecule has 0 radical (unpaired) electrons. The van der Waals surface area contributed by atoms with E-state index in [4.69, 9.17) is 9.26 Å². The Morgan fingerprint density at radius 2 is 1.53 bits per heavy atom. The Labute approximate surface area is 184 Å². The van der Waals surface area contributed by atoms with E-state index in [0.29, 0.717) is 17.3 Å². The van der Waals surface area contributed by atoms with Gasteiger partial charge < -0.3 is 14.6 Å². The lowest BCUT2D eigenvalue weighted by Crippen LogP contribution is -2.49. The summed E-state index contributed by atoms with van der Waals surface area (Å²) in [6.45, 7) is 1.80. The van der Waals surface area contributed by atoms with Crippen molar-refractivity contribution in [3.63, 3.8) is 0 Å². The van der Waals surface area contributed by atoms with E-state index in [-0.39, 0.29) is 22.3 Å². The third-order valence-corrected chi connectivity index (χ3v) is 4.42. The van der Waals surface area contributed by atoms with Crippen LogP contribution in [0.1, 0.15) is 5.69 Å². The van der Waals surface area contributed by atoms with Gasteiger partial charge in [0.2, 0.25) is 17.8 Å². The van der Waals surface area contributed by atoms with Gasteiger partial charge in [0.25, 0.3) is 0 Å². The molecule has 0 unspecified atom stereocenters. The molecule has 2 heterocycles. The largest absolute Gasteiger partial charge is 0.528 e. The highest BCUT2D eigenvalue weighted by molar-refractivity contribution is 5.81. The van der Waals surface area contributed by atoms with Gasteiger partial charge in [0.05, 0.1) is 19.8 Å². The molecule has 162 valence electrons. The van der Waals surface area contributed by atoms with Crippen LogP contribution < -0.4 is 19.9 Å². The molecule has 0 saturated carbocycles. The minimum absolute atomic E-state index is 0.165. The fraction of sp³-hybridized carbons (Fsp3) is 0.136. The minimum Gasteiger partial charge on any atom is -0.380 e. The number of aromatic nitrogens is 4. The van der Waals surface area contributed by atoms with Crippen LogP contribution in [-0.2, 0) is 0 Å². The number of hydrogen-bond acceptors (Lipinski definition) is 9. The predicted octanol–water partition coefficient (Wildman–Crippen LogP) is 4.42. The zero-order chi connectivity index (χ0) is 22.6. The first-order chi connectivity index (χ1) is 15.4. The number of ether oxygens (including phenoxy) is 1. The quantitative estimate of drug-likeness (QED) is 0.427. The van der Waals surface area contributed by atoms with Crippen molar-refractivity contribution in [2.75, 3.05) is 24.7 Å². The molecule has 0 saturated heterocycles. The zero-order valence-corrected chi connectivity index (χ0v) is 17.8. The molecule has 0 aliphatic carbocycles. The molecule has 4 rings (SSSR count). The fourth-order valence-corrected chi connectivity index (χ4v) is 2.69. The summed E-state index contributed by atoms with van der Waals surface area (Å²) in [7, 11) is 3.27. The number of hydrogen-bond donors (Lipinski definition) is 2. The van der Waals surface area contributed by atoms with Gasteiger partial charge in [-0.3, -0.25) is 5.32 Å². The number of para-hydroxylation sites is 2. The Morgan fingerprint density at radius 1 is 0.906 bits per heavy atom.